The van der Waals surface area contributed by atoms with E-state index in [-0.39, 0.29) is 5.25 Å². The van der Waals surface area contributed by atoms with E-state index in [4.69, 9.17) is 9.88 Å². The Labute approximate surface area is 160 Å². The molecular weight excluding hydrogens is 372 g/mol. The molecule has 1 atom stereocenters. The Morgan fingerprint density at radius 2 is 2.15 bits per heavy atom. The van der Waals surface area contributed by atoms with Crippen molar-refractivity contribution < 1.29 is 8.95 Å². The highest BCUT2D eigenvalue weighted by molar-refractivity contribution is 7.97. The number of benzene rings is 1. The zero-order valence-electron chi connectivity index (χ0n) is 14.6. The molecule has 144 valence electrons. The van der Waals surface area contributed by atoms with Gasteiger partial charge in [0.05, 0.1) is 20.9 Å². The Bertz CT molecular complexity index is 650. The van der Waals surface area contributed by atoms with Gasteiger partial charge in [-0.1, -0.05) is 6.07 Å². The quantitative estimate of drug-likeness (QED) is 0.175. The average Bonchev–Trinajstić information content (AvgIpc) is 2.63. The maximum Gasteiger partial charge on any atom is 0.0644 e. The lowest BCUT2D eigenvalue weighted by atomic mass is 9.88. The fourth-order valence-corrected chi connectivity index (χ4v) is 5.60. The summed E-state index contributed by atoms with van der Waals surface area (Å²) in [5, 5.41) is 12.9. The summed E-state index contributed by atoms with van der Waals surface area (Å²) >= 11 is 1.18. The van der Waals surface area contributed by atoms with Crippen molar-refractivity contribution in [2.75, 3.05) is 26.3 Å². The lowest BCUT2D eigenvalue weighted by Gasteiger charge is -2.29. The first-order chi connectivity index (χ1) is 12.8. The minimum atomic E-state index is -1.07. The number of hydrazone groups is 1. The van der Waals surface area contributed by atoms with E-state index < -0.39 is 10.8 Å². The van der Waals surface area contributed by atoms with Crippen LogP contribution in [0.1, 0.15) is 29.9 Å². The molecule has 8 nitrogen and oxygen atoms in total. The highest BCUT2D eigenvalue weighted by Crippen LogP contribution is 2.37. The van der Waals surface area contributed by atoms with Crippen molar-refractivity contribution in [1.29, 1.82) is 0 Å². The Kier molecular flexibility index (Phi) is 7.43. The van der Waals surface area contributed by atoms with Crippen LogP contribution in [0.2, 0.25) is 0 Å². The van der Waals surface area contributed by atoms with Gasteiger partial charge in [0.15, 0.2) is 0 Å². The van der Waals surface area contributed by atoms with Crippen molar-refractivity contribution in [2.24, 2.45) is 10.2 Å². The predicted octanol–water partition coefficient (Wildman–Crippen LogP) is 0.340. The van der Waals surface area contributed by atoms with Gasteiger partial charge in [0, 0.05) is 44.5 Å². The molecule has 0 aliphatic carbocycles. The Morgan fingerprint density at radius 1 is 1.38 bits per heavy atom. The van der Waals surface area contributed by atoms with Crippen LogP contribution in [0.5, 0.6) is 0 Å². The molecule has 2 heterocycles. The second-order valence-corrected chi connectivity index (χ2v) is 8.64. The minimum Gasteiger partial charge on any atom is -0.381 e. The topological polar surface area (TPSA) is 113 Å². The molecule has 3 rings (SSSR count). The van der Waals surface area contributed by atoms with Crippen molar-refractivity contribution in [1.82, 2.24) is 21.8 Å². The highest BCUT2D eigenvalue weighted by Gasteiger charge is 2.29. The van der Waals surface area contributed by atoms with Gasteiger partial charge >= 0.3 is 0 Å². The number of nitrogens with two attached hydrogens (primary N) is 1. The van der Waals surface area contributed by atoms with Crippen LogP contribution in [-0.2, 0) is 22.1 Å². The zero-order valence-corrected chi connectivity index (χ0v) is 16.3. The van der Waals surface area contributed by atoms with Gasteiger partial charge in [0.1, 0.15) is 0 Å². The van der Waals surface area contributed by atoms with Gasteiger partial charge in [0.2, 0.25) is 0 Å². The first kappa shape index (κ1) is 19.7. The number of rotatable bonds is 9. The molecule has 2 fully saturated rings. The molecule has 1 aromatic rings. The zero-order chi connectivity index (χ0) is 18.4. The number of hydrogen-bond acceptors (Lipinski definition) is 9. The second-order valence-electron chi connectivity index (χ2n) is 6.29. The summed E-state index contributed by atoms with van der Waals surface area (Å²) in [4.78, 5) is 1.73. The van der Waals surface area contributed by atoms with E-state index in [1.807, 2.05) is 6.07 Å². The van der Waals surface area contributed by atoms with Crippen molar-refractivity contribution in [3.63, 3.8) is 0 Å². The normalized spacial score (nSPS) is 19.7. The maximum absolute atomic E-state index is 12.9. The lowest BCUT2D eigenvalue weighted by molar-refractivity contribution is 0.0850. The SMILES string of the molecule is C=NNNNCc1c(C2CCOCC2)ccc(S(=O)C2CNC2)c1SN. The lowest BCUT2D eigenvalue weighted by Crippen LogP contribution is -2.49. The van der Waals surface area contributed by atoms with Crippen molar-refractivity contribution in [3.8, 4) is 0 Å². The third-order valence-corrected chi connectivity index (χ3v) is 7.34. The van der Waals surface area contributed by atoms with Crippen LogP contribution in [0.4, 0.5) is 0 Å². The van der Waals surface area contributed by atoms with Gasteiger partial charge < -0.3 is 10.1 Å². The standard InChI is InChI=1S/C16H26N6O2S2/c1-18-21-22-20-10-14-13(11-4-6-24-7-5-11)2-3-15(16(14)25-17)26(23)12-8-19-9-12/h2-3,11-12,19-22H,1,4-10,17H2. The Hall–Kier alpha value is -1.01. The number of hydrogen-bond donors (Lipinski definition) is 5. The molecule has 1 unspecified atom stereocenters. The highest BCUT2D eigenvalue weighted by atomic mass is 32.2. The van der Waals surface area contributed by atoms with Gasteiger partial charge in [-0.05, 0) is 47.9 Å². The summed E-state index contributed by atoms with van der Waals surface area (Å²) in [5.41, 5.74) is 10.7. The molecule has 0 bridgehead atoms. The summed E-state index contributed by atoms with van der Waals surface area (Å²) in [5.74, 6) is 0.421. The molecule has 2 aliphatic heterocycles. The Balaban J connectivity index is 1.91. The van der Waals surface area contributed by atoms with Crippen molar-refractivity contribution in [2.45, 2.75) is 40.3 Å². The van der Waals surface area contributed by atoms with Crippen LogP contribution in [0.3, 0.4) is 0 Å². The fraction of sp³-hybridized carbons (Fsp3) is 0.562. The Morgan fingerprint density at radius 3 is 2.77 bits per heavy atom. The van der Waals surface area contributed by atoms with Crippen molar-refractivity contribution >= 4 is 29.5 Å². The molecule has 6 N–H and O–H groups in total. The van der Waals surface area contributed by atoms with Crippen molar-refractivity contribution in [3.05, 3.63) is 23.3 Å². The summed E-state index contributed by atoms with van der Waals surface area (Å²) in [6.45, 7) is 6.99. The molecule has 0 aromatic heterocycles. The van der Waals surface area contributed by atoms with E-state index in [1.165, 1.54) is 17.5 Å². The molecule has 2 saturated heterocycles. The molecule has 0 amide bonds. The van der Waals surface area contributed by atoms with Gasteiger partial charge in [-0.25, -0.2) is 11.0 Å². The first-order valence-electron chi connectivity index (χ1n) is 8.66. The molecular formula is C16H26N6O2S2. The van der Waals surface area contributed by atoms with Crippen LogP contribution < -0.4 is 27.0 Å². The summed E-state index contributed by atoms with van der Waals surface area (Å²) < 4.78 is 18.4. The average molecular weight is 399 g/mol. The largest absolute Gasteiger partial charge is 0.381 e. The van der Waals surface area contributed by atoms with E-state index in [9.17, 15) is 4.21 Å². The summed E-state index contributed by atoms with van der Waals surface area (Å²) in [7, 11) is -1.07. The van der Waals surface area contributed by atoms with Gasteiger partial charge in [-0.15, -0.1) is 0 Å². The van der Waals surface area contributed by atoms with Gasteiger partial charge in [0.25, 0.3) is 0 Å². The first-order valence-corrected chi connectivity index (χ1v) is 10.8. The second kappa shape index (κ2) is 9.79. The third kappa shape index (κ3) is 4.45. The molecule has 0 saturated carbocycles. The van der Waals surface area contributed by atoms with Gasteiger partial charge in [-0.3, -0.25) is 9.35 Å². The minimum absolute atomic E-state index is 0.153. The molecule has 10 heteroatoms. The number of nitrogens with zero attached hydrogens (tertiary/aromatic N) is 1. The predicted molar refractivity (Wildman–Crippen MR) is 105 cm³/mol. The van der Waals surface area contributed by atoms with Crippen LogP contribution in [0.25, 0.3) is 0 Å². The molecule has 26 heavy (non-hydrogen) atoms. The van der Waals surface area contributed by atoms with Crippen LogP contribution in [0.15, 0.2) is 27.0 Å². The monoisotopic (exact) mass is 398 g/mol. The fourth-order valence-electron chi connectivity index (χ4n) is 3.29. The smallest absolute Gasteiger partial charge is 0.0644 e. The van der Waals surface area contributed by atoms with E-state index in [0.29, 0.717) is 12.5 Å². The number of nitrogens with one attached hydrogen (secondary N) is 4. The van der Waals surface area contributed by atoms with E-state index >= 15 is 0 Å². The number of ether oxygens (including phenoxy) is 1. The van der Waals surface area contributed by atoms with Crippen LogP contribution in [0, 0.1) is 0 Å². The maximum atomic E-state index is 12.9. The summed E-state index contributed by atoms with van der Waals surface area (Å²) in [6, 6.07) is 4.11. The van der Waals surface area contributed by atoms with Crippen LogP contribution in [-0.4, -0.2) is 42.5 Å². The molecule has 1 aromatic carbocycles. The molecule has 0 spiro atoms. The number of hydrazine groups is 2. The van der Waals surface area contributed by atoms with E-state index in [0.717, 1.165) is 54.5 Å². The third-order valence-electron chi connectivity index (χ3n) is 4.79. The van der Waals surface area contributed by atoms with E-state index in [2.05, 4.69) is 39.7 Å². The summed E-state index contributed by atoms with van der Waals surface area (Å²) in [6.07, 6.45) is 1.97. The molecule has 0 radical (unpaired) electrons. The van der Waals surface area contributed by atoms with Gasteiger partial charge in [-0.2, -0.15) is 10.6 Å². The van der Waals surface area contributed by atoms with E-state index in [1.54, 1.807) is 0 Å². The molecule has 2 aliphatic rings. The van der Waals surface area contributed by atoms with Crippen LogP contribution >= 0.6 is 11.9 Å².